The minimum absolute atomic E-state index is 0. The second kappa shape index (κ2) is 15.0. The van der Waals surface area contributed by atoms with E-state index in [1.165, 1.54) is 35.0 Å². The molecule has 0 aliphatic carbocycles. The molecule has 13 nitrogen and oxygen atoms in total. The Morgan fingerprint density at radius 2 is 1.38 bits per heavy atom. The second-order valence-electron chi connectivity index (χ2n) is 9.62. The average Bonchev–Trinajstić information content (AvgIpc) is 3.34. The molecular formula is C32H21ClCrN7O6. The predicted molar refractivity (Wildman–Crippen MR) is 166 cm³/mol. The van der Waals surface area contributed by atoms with Gasteiger partial charge in [0.05, 0.1) is 33.4 Å². The van der Waals surface area contributed by atoms with Crippen LogP contribution < -0.4 is 20.9 Å². The molecular weight excluding hydrogens is 666 g/mol. The molecule has 0 unspecified atom stereocenters. The Morgan fingerprint density at radius 1 is 0.723 bits per heavy atom. The van der Waals surface area contributed by atoms with Crippen LogP contribution in [0.5, 0.6) is 17.2 Å². The summed E-state index contributed by atoms with van der Waals surface area (Å²) in [6.45, 7) is 1.66. The van der Waals surface area contributed by atoms with Crippen LogP contribution in [-0.4, -0.2) is 14.7 Å². The van der Waals surface area contributed by atoms with Crippen LogP contribution in [0.4, 0.5) is 28.4 Å². The molecule has 0 bridgehead atoms. The van der Waals surface area contributed by atoms with Crippen molar-refractivity contribution in [3.63, 3.8) is 0 Å². The molecule has 0 aliphatic heterocycles. The Hall–Kier alpha value is -5.81. The average molecular weight is 687 g/mol. The van der Waals surface area contributed by atoms with Crippen LogP contribution >= 0.6 is 11.6 Å². The molecule has 0 saturated heterocycles. The number of aromatic nitrogens is 2. The number of nitro groups is 1. The topological polar surface area (TPSA) is 200 Å². The Bertz CT molecular complexity index is 2190. The molecule has 0 fully saturated rings. The molecule has 0 saturated carbocycles. The molecule has 15 heteroatoms. The zero-order valence-electron chi connectivity index (χ0n) is 24.2. The van der Waals surface area contributed by atoms with Crippen molar-refractivity contribution in [1.82, 2.24) is 9.78 Å². The van der Waals surface area contributed by atoms with Crippen LogP contribution in [0.3, 0.4) is 0 Å². The number of non-ortho nitro benzene ring substituents is 1. The SMILES string of the molecule is Cc1[nH]n(-c2ccccc2)c(=O)c1N=Nc1ccc([N+](=O)[O-])cc1[O-].[Cr+3].[O-]c1ccc(Cl)cc1N=Nc1c([O-])ccc2ccccc12. The quantitative estimate of drug-likeness (QED) is 0.112. The van der Waals surface area contributed by atoms with Gasteiger partial charge in [0.25, 0.3) is 11.2 Å². The van der Waals surface area contributed by atoms with Crippen molar-refractivity contribution in [3.05, 3.63) is 134 Å². The van der Waals surface area contributed by atoms with Gasteiger partial charge in [0, 0.05) is 22.5 Å². The number of fused-ring (bicyclic) bond motifs is 1. The molecule has 6 rings (SSSR count). The number of hydrogen-bond acceptors (Lipinski definition) is 10. The molecule has 1 heterocycles. The van der Waals surface area contributed by atoms with Crippen LogP contribution in [-0.2, 0) is 17.4 Å². The molecule has 1 N–H and O–H groups in total. The number of rotatable bonds is 6. The van der Waals surface area contributed by atoms with Gasteiger partial charge < -0.3 is 15.3 Å². The number of aromatic amines is 1. The van der Waals surface area contributed by atoms with Crippen LogP contribution in [0.1, 0.15) is 5.69 Å². The Balaban J connectivity index is 0.000000211. The van der Waals surface area contributed by atoms with E-state index in [4.69, 9.17) is 11.6 Å². The van der Waals surface area contributed by atoms with Crippen molar-refractivity contribution in [2.75, 3.05) is 0 Å². The fourth-order valence-corrected chi connectivity index (χ4v) is 4.39. The van der Waals surface area contributed by atoms with Gasteiger partial charge >= 0.3 is 17.4 Å². The summed E-state index contributed by atoms with van der Waals surface area (Å²) < 4.78 is 1.32. The van der Waals surface area contributed by atoms with Gasteiger partial charge in [0.2, 0.25) is 0 Å². The first-order valence-electron chi connectivity index (χ1n) is 13.4. The number of nitrogens with one attached hydrogen (secondary N) is 1. The number of benzene rings is 5. The number of H-pyrrole nitrogens is 1. The maximum Gasteiger partial charge on any atom is 3.00 e. The van der Waals surface area contributed by atoms with Gasteiger partial charge in [-0.25, -0.2) is 4.68 Å². The van der Waals surface area contributed by atoms with Gasteiger partial charge in [-0.1, -0.05) is 89.5 Å². The van der Waals surface area contributed by atoms with Crippen molar-refractivity contribution in [1.29, 1.82) is 0 Å². The number of nitrogens with zero attached hydrogens (tertiary/aromatic N) is 6. The fraction of sp³-hybridized carbons (Fsp3) is 0.0312. The molecule has 0 aliphatic rings. The standard InChI is InChI=1S/C16H11ClN2O2.C16H13N5O4.Cr/c17-11-6-8-14(20)13(9-11)18-19-16-12-4-2-1-3-10(12)5-7-15(16)21;1-10-15(16(23)20(19-10)11-5-3-2-4-6-11)18-17-13-8-7-12(21(24)25)9-14(13)22;/h1-9,20-21H;2-9,19,22H,1H3;/q;;+3/p-3. The van der Waals surface area contributed by atoms with Crippen molar-refractivity contribution < 1.29 is 37.6 Å². The smallest absolute Gasteiger partial charge is 0.871 e. The first-order chi connectivity index (χ1) is 22.1. The van der Waals surface area contributed by atoms with Gasteiger partial charge in [-0.15, -0.1) is 5.11 Å². The summed E-state index contributed by atoms with van der Waals surface area (Å²) in [5.74, 6) is -1.18. The van der Waals surface area contributed by atoms with E-state index in [9.17, 15) is 30.2 Å². The first kappa shape index (κ1) is 34.1. The summed E-state index contributed by atoms with van der Waals surface area (Å²) >= 11 is 5.82. The van der Waals surface area contributed by atoms with E-state index < -0.39 is 16.2 Å². The second-order valence-corrected chi connectivity index (χ2v) is 10.1. The van der Waals surface area contributed by atoms with E-state index in [0.29, 0.717) is 21.8 Å². The minimum atomic E-state index is -0.669. The normalized spacial score (nSPS) is 10.9. The van der Waals surface area contributed by atoms with Crippen molar-refractivity contribution in [3.8, 4) is 22.9 Å². The third kappa shape index (κ3) is 7.89. The van der Waals surface area contributed by atoms with E-state index in [1.54, 1.807) is 43.3 Å². The van der Waals surface area contributed by atoms with E-state index in [0.717, 1.165) is 17.5 Å². The first-order valence-corrected chi connectivity index (χ1v) is 13.8. The Morgan fingerprint density at radius 3 is 2.11 bits per heavy atom. The van der Waals surface area contributed by atoms with Gasteiger partial charge in [0.1, 0.15) is 0 Å². The number of hydrogen-bond donors (Lipinski definition) is 1. The summed E-state index contributed by atoms with van der Waals surface area (Å²) in [5.41, 5.74) is 0.666. The van der Waals surface area contributed by atoms with Gasteiger partial charge in [-0.3, -0.25) is 20.0 Å². The molecule has 1 aromatic heterocycles. The van der Waals surface area contributed by atoms with Gasteiger partial charge in [0.15, 0.2) is 5.69 Å². The fourth-order valence-electron chi connectivity index (χ4n) is 4.23. The maximum atomic E-state index is 12.5. The van der Waals surface area contributed by atoms with Crippen LogP contribution in [0.15, 0.2) is 128 Å². The maximum absolute atomic E-state index is 12.5. The molecule has 0 amide bonds. The molecule has 5 aromatic carbocycles. The van der Waals surface area contributed by atoms with E-state index in [-0.39, 0.29) is 57.3 Å². The number of nitro benzene ring substituents is 1. The zero-order valence-corrected chi connectivity index (χ0v) is 26.3. The third-order valence-electron chi connectivity index (χ3n) is 6.51. The van der Waals surface area contributed by atoms with Crippen molar-refractivity contribution in [2.24, 2.45) is 20.5 Å². The minimum Gasteiger partial charge on any atom is -0.871 e. The largest absolute Gasteiger partial charge is 3.00 e. The van der Waals surface area contributed by atoms with Gasteiger partial charge in [-0.05, 0) is 42.6 Å². The molecule has 233 valence electrons. The van der Waals surface area contributed by atoms with Crippen LogP contribution in [0.2, 0.25) is 5.02 Å². The summed E-state index contributed by atoms with van der Waals surface area (Å²) in [4.78, 5) is 22.4. The van der Waals surface area contributed by atoms with Crippen molar-refractivity contribution >= 4 is 50.8 Å². The number of para-hydroxylation sites is 1. The van der Waals surface area contributed by atoms with E-state index in [2.05, 4.69) is 25.6 Å². The molecule has 47 heavy (non-hydrogen) atoms. The number of aryl methyl sites for hydroxylation is 1. The predicted octanol–water partition coefficient (Wildman–Crippen LogP) is 6.92. The summed E-state index contributed by atoms with van der Waals surface area (Å²) in [5, 5.41) is 66.4. The summed E-state index contributed by atoms with van der Waals surface area (Å²) in [6.07, 6.45) is 0. The molecule has 1 radical (unpaired) electrons. The van der Waals surface area contributed by atoms with Gasteiger partial charge in [-0.2, -0.15) is 15.3 Å². The third-order valence-corrected chi connectivity index (χ3v) is 6.74. The summed E-state index contributed by atoms with van der Waals surface area (Å²) in [7, 11) is 0. The van der Waals surface area contributed by atoms with Crippen LogP contribution in [0.25, 0.3) is 16.5 Å². The number of halogens is 1. The monoisotopic (exact) mass is 686 g/mol. The number of azo groups is 2. The molecule has 6 aromatic rings. The molecule has 0 spiro atoms. The summed E-state index contributed by atoms with van der Waals surface area (Å²) in [6, 6.07) is 26.9. The van der Waals surface area contributed by atoms with E-state index >= 15 is 0 Å². The van der Waals surface area contributed by atoms with Crippen LogP contribution in [0, 0.1) is 17.0 Å². The Kier molecular flexibility index (Phi) is 10.9. The Labute approximate surface area is 282 Å². The van der Waals surface area contributed by atoms with E-state index in [1.807, 2.05) is 24.3 Å². The zero-order chi connectivity index (χ0) is 32.8. The van der Waals surface area contributed by atoms with Crippen molar-refractivity contribution in [2.45, 2.75) is 6.92 Å². The molecule has 0 atom stereocenters.